The first-order valence-electron chi connectivity index (χ1n) is 18.4. The van der Waals surface area contributed by atoms with Gasteiger partial charge in [0.25, 0.3) is 0 Å². The van der Waals surface area contributed by atoms with Gasteiger partial charge < -0.3 is 9.32 Å². The fourth-order valence-electron chi connectivity index (χ4n) is 7.78. The van der Waals surface area contributed by atoms with E-state index in [9.17, 15) is 0 Å². The SMILES string of the molecule is c1ccc(-c2ccc(-c3ccc(N(c4ccc(-c5ccccc5)cc4)c4cccc(-c5cccc6oc7c8ccccc8ccc7c56)c4)cc3)cc2)cc1. The van der Waals surface area contributed by atoms with E-state index in [-0.39, 0.29) is 0 Å². The Labute approximate surface area is 314 Å². The molecule has 10 rings (SSSR count). The van der Waals surface area contributed by atoms with Crippen LogP contribution in [0.2, 0.25) is 0 Å². The third-order valence-corrected chi connectivity index (χ3v) is 10.5. The second-order valence-electron chi connectivity index (χ2n) is 13.7. The van der Waals surface area contributed by atoms with Crippen molar-refractivity contribution in [2.45, 2.75) is 0 Å². The van der Waals surface area contributed by atoms with Gasteiger partial charge in [-0.1, -0.05) is 164 Å². The zero-order valence-electron chi connectivity index (χ0n) is 29.6. The minimum absolute atomic E-state index is 0.894. The van der Waals surface area contributed by atoms with E-state index in [2.05, 4.69) is 217 Å². The van der Waals surface area contributed by atoms with E-state index in [4.69, 9.17) is 4.42 Å². The zero-order chi connectivity index (χ0) is 35.8. The molecule has 54 heavy (non-hydrogen) atoms. The summed E-state index contributed by atoms with van der Waals surface area (Å²) in [7, 11) is 0. The van der Waals surface area contributed by atoms with Crippen LogP contribution in [0.3, 0.4) is 0 Å². The lowest BCUT2D eigenvalue weighted by Gasteiger charge is -2.26. The fourth-order valence-corrected chi connectivity index (χ4v) is 7.78. The Morgan fingerprint density at radius 2 is 0.815 bits per heavy atom. The van der Waals surface area contributed by atoms with Crippen molar-refractivity contribution >= 4 is 49.8 Å². The van der Waals surface area contributed by atoms with Crippen LogP contribution >= 0.6 is 0 Å². The maximum Gasteiger partial charge on any atom is 0.143 e. The molecular weight excluding hydrogens is 655 g/mol. The first-order valence-corrected chi connectivity index (χ1v) is 18.4. The van der Waals surface area contributed by atoms with Crippen LogP contribution in [0, 0.1) is 0 Å². The molecule has 0 spiro atoms. The summed E-state index contributed by atoms with van der Waals surface area (Å²) in [5, 5.41) is 4.57. The molecule has 254 valence electrons. The van der Waals surface area contributed by atoms with Crippen molar-refractivity contribution < 1.29 is 4.42 Å². The maximum atomic E-state index is 6.56. The first kappa shape index (κ1) is 31.6. The van der Waals surface area contributed by atoms with Crippen LogP contribution in [0.25, 0.3) is 77.2 Å². The third-order valence-electron chi connectivity index (χ3n) is 10.5. The van der Waals surface area contributed by atoms with Gasteiger partial charge >= 0.3 is 0 Å². The Bertz CT molecular complexity index is 2890. The molecular formula is C52H35NO. The quantitative estimate of drug-likeness (QED) is 0.166. The first-order chi connectivity index (χ1) is 26.8. The van der Waals surface area contributed by atoms with E-state index in [1.54, 1.807) is 0 Å². The normalized spacial score (nSPS) is 11.3. The van der Waals surface area contributed by atoms with E-state index in [0.717, 1.165) is 55.5 Å². The summed E-state index contributed by atoms with van der Waals surface area (Å²) < 4.78 is 6.56. The van der Waals surface area contributed by atoms with Crippen molar-refractivity contribution in [3.8, 4) is 44.5 Å². The molecule has 1 aromatic heterocycles. The topological polar surface area (TPSA) is 16.4 Å². The van der Waals surface area contributed by atoms with Gasteiger partial charge in [-0.25, -0.2) is 0 Å². The molecule has 0 amide bonds. The maximum absolute atomic E-state index is 6.56. The number of fused-ring (bicyclic) bond motifs is 5. The van der Waals surface area contributed by atoms with Gasteiger partial charge in [-0.15, -0.1) is 0 Å². The fraction of sp³-hybridized carbons (Fsp3) is 0. The largest absolute Gasteiger partial charge is 0.455 e. The molecule has 9 aromatic carbocycles. The molecule has 10 aromatic rings. The molecule has 1 heterocycles. The highest BCUT2D eigenvalue weighted by Gasteiger charge is 2.18. The van der Waals surface area contributed by atoms with Gasteiger partial charge in [0.15, 0.2) is 0 Å². The lowest BCUT2D eigenvalue weighted by atomic mass is 9.97. The number of nitrogens with zero attached hydrogens (tertiary/aromatic N) is 1. The van der Waals surface area contributed by atoms with Crippen LogP contribution in [0.4, 0.5) is 17.1 Å². The van der Waals surface area contributed by atoms with E-state index in [1.807, 2.05) is 0 Å². The number of anilines is 3. The van der Waals surface area contributed by atoms with Gasteiger partial charge in [0.2, 0.25) is 0 Å². The van der Waals surface area contributed by atoms with Crippen LogP contribution < -0.4 is 4.90 Å². The van der Waals surface area contributed by atoms with Crippen molar-refractivity contribution in [2.24, 2.45) is 0 Å². The van der Waals surface area contributed by atoms with Crippen molar-refractivity contribution in [1.29, 1.82) is 0 Å². The number of furan rings is 1. The Kier molecular flexibility index (Phi) is 7.85. The van der Waals surface area contributed by atoms with Gasteiger partial charge in [-0.05, 0) is 98.4 Å². The monoisotopic (exact) mass is 689 g/mol. The average Bonchev–Trinajstić information content (AvgIpc) is 3.65. The highest BCUT2D eigenvalue weighted by atomic mass is 16.3. The number of hydrogen-bond acceptors (Lipinski definition) is 2. The van der Waals surface area contributed by atoms with Crippen molar-refractivity contribution in [3.05, 3.63) is 212 Å². The molecule has 0 unspecified atom stereocenters. The van der Waals surface area contributed by atoms with Crippen LogP contribution in [0.5, 0.6) is 0 Å². The summed E-state index contributed by atoms with van der Waals surface area (Å²) in [4.78, 5) is 2.35. The molecule has 2 heteroatoms. The minimum atomic E-state index is 0.894. The molecule has 0 radical (unpaired) electrons. The number of hydrogen-bond donors (Lipinski definition) is 0. The molecule has 0 fully saturated rings. The lowest BCUT2D eigenvalue weighted by molar-refractivity contribution is 0.673. The molecule has 2 nitrogen and oxygen atoms in total. The standard InChI is InChI=1S/C52H35NO/c1-3-11-36(12-4-1)38-21-23-39(24-22-38)41-27-32-45(33-28-41)53(44-30-25-40(26-31-44)37-13-5-2-6-14-37)46-17-9-16-43(35-46)47-19-10-20-50-51(47)49-34-29-42-15-7-8-18-48(42)52(49)54-50/h1-35H. The lowest BCUT2D eigenvalue weighted by Crippen LogP contribution is -2.10. The van der Waals surface area contributed by atoms with Gasteiger partial charge in [0.1, 0.15) is 11.2 Å². The van der Waals surface area contributed by atoms with E-state index < -0.39 is 0 Å². The summed E-state index contributed by atoms with van der Waals surface area (Å²) in [6, 6.07) is 75.8. The van der Waals surface area contributed by atoms with Crippen LogP contribution in [-0.4, -0.2) is 0 Å². The summed E-state index contributed by atoms with van der Waals surface area (Å²) in [6.07, 6.45) is 0. The summed E-state index contributed by atoms with van der Waals surface area (Å²) in [5.41, 5.74) is 14.6. The Morgan fingerprint density at radius 3 is 1.43 bits per heavy atom. The molecule has 0 saturated carbocycles. The van der Waals surface area contributed by atoms with Crippen molar-refractivity contribution in [2.75, 3.05) is 4.90 Å². The van der Waals surface area contributed by atoms with Crippen LogP contribution in [0.1, 0.15) is 0 Å². The third kappa shape index (κ3) is 5.71. The second-order valence-corrected chi connectivity index (χ2v) is 13.7. The smallest absolute Gasteiger partial charge is 0.143 e. The highest BCUT2D eigenvalue weighted by Crippen LogP contribution is 2.42. The average molecular weight is 690 g/mol. The summed E-state index contributed by atoms with van der Waals surface area (Å²) >= 11 is 0. The van der Waals surface area contributed by atoms with Gasteiger partial charge in [-0.3, -0.25) is 0 Å². The van der Waals surface area contributed by atoms with Crippen LogP contribution in [0.15, 0.2) is 217 Å². The second kappa shape index (κ2) is 13.4. The van der Waals surface area contributed by atoms with Gasteiger partial charge in [0.05, 0.1) is 0 Å². The van der Waals surface area contributed by atoms with Gasteiger partial charge in [0, 0.05) is 33.2 Å². The summed E-state index contributed by atoms with van der Waals surface area (Å²) in [5.74, 6) is 0. The number of benzene rings is 9. The van der Waals surface area contributed by atoms with E-state index in [1.165, 1.54) is 38.8 Å². The molecule has 0 aliphatic heterocycles. The Balaban J connectivity index is 1.06. The Morgan fingerprint density at radius 1 is 0.315 bits per heavy atom. The number of rotatable bonds is 7. The van der Waals surface area contributed by atoms with E-state index >= 15 is 0 Å². The predicted molar refractivity (Wildman–Crippen MR) is 228 cm³/mol. The van der Waals surface area contributed by atoms with Crippen LogP contribution in [-0.2, 0) is 0 Å². The minimum Gasteiger partial charge on any atom is -0.455 e. The molecule has 0 N–H and O–H groups in total. The molecule has 0 aliphatic carbocycles. The molecule has 0 atom stereocenters. The molecule has 0 aliphatic rings. The Hall–Kier alpha value is -7.16. The van der Waals surface area contributed by atoms with Crippen molar-refractivity contribution in [1.82, 2.24) is 0 Å². The highest BCUT2D eigenvalue weighted by molar-refractivity contribution is 6.19. The van der Waals surface area contributed by atoms with Gasteiger partial charge in [-0.2, -0.15) is 0 Å². The molecule has 0 bridgehead atoms. The zero-order valence-corrected chi connectivity index (χ0v) is 29.6. The predicted octanol–water partition coefficient (Wildman–Crippen LogP) is 14.9. The summed E-state index contributed by atoms with van der Waals surface area (Å²) in [6.45, 7) is 0. The van der Waals surface area contributed by atoms with Crippen molar-refractivity contribution in [3.63, 3.8) is 0 Å². The van der Waals surface area contributed by atoms with E-state index in [0.29, 0.717) is 0 Å². The molecule has 0 saturated heterocycles.